The summed E-state index contributed by atoms with van der Waals surface area (Å²) in [6.45, 7) is 0.396. The molecule has 0 unspecified atom stereocenters. The van der Waals surface area contributed by atoms with E-state index in [0.29, 0.717) is 23.2 Å². The van der Waals surface area contributed by atoms with Crippen molar-refractivity contribution in [3.8, 4) is 5.75 Å². The number of non-ortho nitro benzene ring substituents is 1. The summed E-state index contributed by atoms with van der Waals surface area (Å²) in [5.41, 5.74) is 4.88. The fourth-order valence-electron chi connectivity index (χ4n) is 3.11. The van der Waals surface area contributed by atoms with E-state index in [1.807, 2.05) is 48.5 Å². The number of nitrogen functional groups attached to an aromatic ring is 1. The van der Waals surface area contributed by atoms with Crippen molar-refractivity contribution in [3.63, 3.8) is 0 Å². The Balaban J connectivity index is 1.30. The largest absolute Gasteiger partial charge is 0.488 e. The SMILES string of the molecule is Nn1c(N/N=C/c2ccccc2OCc2cccc(Br)c2)nnc1SCC(=O)Nc1ccc([N+](=O)[O-])cc1. The van der Waals surface area contributed by atoms with Gasteiger partial charge in [-0.2, -0.15) is 5.10 Å². The van der Waals surface area contributed by atoms with Crippen LogP contribution in [0.5, 0.6) is 5.75 Å². The van der Waals surface area contributed by atoms with Gasteiger partial charge in [-0.3, -0.25) is 14.9 Å². The number of ether oxygens (including phenoxy) is 1. The van der Waals surface area contributed by atoms with E-state index in [9.17, 15) is 14.9 Å². The minimum atomic E-state index is -0.511. The molecule has 0 atom stereocenters. The number of hydrogen-bond donors (Lipinski definition) is 3. The Hall–Kier alpha value is -4.43. The van der Waals surface area contributed by atoms with E-state index in [4.69, 9.17) is 10.6 Å². The molecule has 0 saturated heterocycles. The van der Waals surface area contributed by atoms with E-state index in [1.165, 1.54) is 28.9 Å². The average molecular weight is 597 g/mol. The van der Waals surface area contributed by atoms with Crippen LogP contribution in [0.25, 0.3) is 0 Å². The van der Waals surface area contributed by atoms with E-state index < -0.39 is 4.92 Å². The number of carbonyl (C=O) groups excluding carboxylic acids is 1. The molecular weight excluding hydrogens is 576 g/mol. The molecule has 0 radical (unpaired) electrons. The van der Waals surface area contributed by atoms with Crippen LogP contribution in [-0.4, -0.2) is 37.7 Å². The minimum absolute atomic E-state index is 0.00170. The number of aromatic nitrogens is 3. The molecule has 38 heavy (non-hydrogen) atoms. The van der Waals surface area contributed by atoms with E-state index in [-0.39, 0.29) is 23.3 Å². The molecular formula is C24H21BrN8O4S. The summed E-state index contributed by atoms with van der Waals surface area (Å²) in [5, 5.41) is 25.8. The van der Waals surface area contributed by atoms with Crippen LogP contribution in [0.4, 0.5) is 17.3 Å². The quantitative estimate of drug-likeness (QED) is 0.0747. The van der Waals surface area contributed by atoms with Crippen LogP contribution >= 0.6 is 27.7 Å². The number of nitro groups is 1. The number of rotatable bonds is 11. The highest BCUT2D eigenvalue weighted by Gasteiger charge is 2.13. The first kappa shape index (κ1) is 26.6. The Morgan fingerprint density at radius 3 is 2.71 bits per heavy atom. The molecule has 3 aromatic carbocycles. The molecule has 0 aliphatic carbocycles. The van der Waals surface area contributed by atoms with Crippen LogP contribution < -0.4 is 21.3 Å². The lowest BCUT2D eigenvalue weighted by Crippen LogP contribution is -2.16. The third-order valence-corrected chi connectivity index (χ3v) is 6.37. The zero-order valence-electron chi connectivity index (χ0n) is 19.7. The Morgan fingerprint density at radius 1 is 1.16 bits per heavy atom. The molecule has 194 valence electrons. The molecule has 0 aliphatic rings. The van der Waals surface area contributed by atoms with Gasteiger partial charge in [0.05, 0.1) is 16.9 Å². The Kier molecular flexibility index (Phi) is 8.89. The van der Waals surface area contributed by atoms with Gasteiger partial charge in [-0.15, -0.1) is 10.2 Å². The highest BCUT2D eigenvalue weighted by molar-refractivity contribution is 9.10. The number of thioether (sulfide) groups is 1. The number of amides is 1. The zero-order valence-corrected chi connectivity index (χ0v) is 22.1. The lowest BCUT2D eigenvalue weighted by Gasteiger charge is -2.09. The second-order valence-corrected chi connectivity index (χ2v) is 9.50. The van der Waals surface area contributed by atoms with E-state index in [2.05, 4.69) is 42.0 Å². The van der Waals surface area contributed by atoms with Gasteiger partial charge in [0.15, 0.2) is 0 Å². The number of nitro benzene ring substituents is 1. The van der Waals surface area contributed by atoms with Crippen LogP contribution in [0.15, 0.2) is 87.5 Å². The number of carbonyl (C=O) groups is 1. The summed E-state index contributed by atoms with van der Waals surface area (Å²) in [7, 11) is 0. The Bertz CT molecular complexity index is 1460. The summed E-state index contributed by atoms with van der Waals surface area (Å²) in [6, 6.07) is 20.8. The van der Waals surface area contributed by atoms with Crippen LogP contribution in [0.3, 0.4) is 0 Å². The van der Waals surface area contributed by atoms with Crippen LogP contribution in [-0.2, 0) is 11.4 Å². The molecule has 1 aromatic heterocycles. The van der Waals surface area contributed by atoms with Gasteiger partial charge in [0, 0.05) is 27.9 Å². The Morgan fingerprint density at radius 2 is 1.95 bits per heavy atom. The van der Waals surface area contributed by atoms with Crippen molar-refractivity contribution in [2.45, 2.75) is 11.8 Å². The fourth-order valence-corrected chi connectivity index (χ4v) is 4.21. The fraction of sp³-hybridized carbons (Fsp3) is 0.0833. The van der Waals surface area contributed by atoms with Gasteiger partial charge in [-0.25, -0.2) is 10.1 Å². The molecule has 0 saturated carbocycles. The van der Waals surface area contributed by atoms with Crippen molar-refractivity contribution in [2.75, 3.05) is 22.3 Å². The second kappa shape index (κ2) is 12.7. The molecule has 0 fully saturated rings. The van der Waals surface area contributed by atoms with Crippen molar-refractivity contribution in [3.05, 3.63) is 98.5 Å². The maximum Gasteiger partial charge on any atom is 0.269 e. The van der Waals surface area contributed by atoms with Gasteiger partial charge >= 0.3 is 0 Å². The van der Waals surface area contributed by atoms with Crippen molar-refractivity contribution in [1.82, 2.24) is 14.9 Å². The van der Waals surface area contributed by atoms with Gasteiger partial charge in [-0.1, -0.05) is 52.0 Å². The smallest absolute Gasteiger partial charge is 0.269 e. The normalized spacial score (nSPS) is 10.9. The third-order valence-electron chi connectivity index (χ3n) is 4.93. The topological polar surface area (TPSA) is 163 Å². The van der Waals surface area contributed by atoms with Crippen molar-refractivity contribution < 1.29 is 14.5 Å². The predicted molar refractivity (Wildman–Crippen MR) is 149 cm³/mol. The number of nitrogens with zero attached hydrogens (tertiary/aromatic N) is 5. The van der Waals surface area contributed by atoms with Crippen molar-refractivity contribution in [2.24, 2.45) is 5.10 Å². The summed E-state index contributed by atoms with van der Waals surface area (Å²) in [4.78, 5) is 22.4. The molecule has 4 N–H and O–H groups in total. The third kappa shape index (κ3) is 7.30. The molecule has 0 spiro atoms. The number of halogens is 1. The number of benzene rings is 3. The van der Waals surface area contributed by atoms with E-state index in [1.54, 1.807) is 6.21 Å². The van der Waals surface area contributed by atoms with Gasteiger partial charge < -0.3 is 15.9 Å². The number of hydrogen-bond acceptors (Lipinski definition) is 10. The zero-order chi connectivity index (χ0) is 26.9. The van der Waals surface area contributed by atoms with E-state index >= 15 is 0 Å². The molecule has 14 heteroatoms. The predicted octanol–water partition coefficient (Wildman–Crippen LogP) is 4.42. The van der Waals surface area contributed by atoms with Gasteiger partial charge in [-0.05, 0) is 42.0 Å². The first-order valence-electron chi connectivity index (χ1n) is 11.0. The highest BCUT2D eigenvalue weighted by atomic mass is 79.9. The molecule has 4 rings (SSSR count). The van der Waals surface area contributed by atoms with E-state index in [0.717, 1.165) is 27.4 Å². The first-order chi connectivity index (χ1) is 18.4. The summed E-state index contributed by atoms with van der Waals surface area (Å²) >= 11 is 4.52. The number of anilines is 2. The minimum Gasteiger partial charge on any atom is -0.488 e. The monoisotopic (exact) mass is 596 g/mol. The molecule has 1 amide bonds. The average Bonchev–Trinajstić information content (AvgIpc) is 3.26. The summed E-state index contributed by atoms with van der Waals surface area (Å²) < 4.78 is 8.11. The first-order valence-corrected chi connectivity index (χ1v) is 12.8. The van der Waals surface area contributed by atoms with Gasteiger partial charge in [0.1, 0.15) is 12.4 Å². The molecule has 0 aliphatic heterocycles. The molecule has 4 aromatic rings. The molecule has 1 heterocycles. The van der Waals surface area contributed by atoms with Crippen molar-refractivity contribution in [1.29, 1.82) is 0 Å². The molecule has 12 nitrogen and oxygen atoms in total. The van der Waals surface area contributed by atoms with Gasteiger partial charge in [0.2, 0.25) is 11.1 Å². The van der Waals surface area contributed by atoms with Crippen LogP contribution in [0, 0.1) is 10.1 Å². The van der Waals surface area contributed by atoms with Crippen molar-refractivity contribution >= 4 is 57.1 Å². The second-order valence-electron chi connectivity index (χ2n) is 7.64. The summed E-state index contributed by atoms with van der Waals surface area (Å²) in [6.07, 6.45) is 1.58. The summed E-state index contributed by atoms with van der Waals surface area (Å²) in [5.74, 6) is 6.52. The maximum atomic E-state index is 12.2. The number of para-hydroxylation sites is 1. The van der Waals surface area contributed by atoms with Crippen LogP contribution in [0.1, 0.15) is 11.1 Å². The number of nitrogens with one attached hydrogen (secondary N) is 2. The Labute approximate surface area is 229 Å². The lowest BCUT2D eigenvalue weighted by atomic mass is 10.2. The highest BCUT2D eigenvalue weighted by Crippen LogP contribution is 2.21. The number of hydrazone groups is 1. The standard InChI is InChI=1S/C24H21BrN8O4S/c25-18-6-3-4-16(12-18)14-37-21-7-2-1-5-17(21)13-27-29-23-30-31-24(32(23)26)38-15-22(34)28-19-8-10-20(11-9-19)33(35)36/h1-13H,14-15,26H2,(H,28,34)(H,29,30)/b27-13+. The maximum absolute atomic E-state index is 12.2. The molecule has 0 bridgehead atoms. The lowest BCUT2D eigenvalue weighted by molar-refractivity contribution is -0.384. The number of nitrogens with two attached hydrogens (primary N) is 1. The van der Waals surface area contributed by atoms with Gasteiger partial charge in [0.25, 0.3) is 11.6 Å². The van der Waals surface area contributed by atoms with Crippen LogP contribution in [0.2, 0.25) is 0 Å².